The summed E-state index contributed by atoms with van der Waals surface area (Å²) in [7, 11) is 0. The van der Waals surface area contributed by atoms with Gasteiger partial charge in [0.05, 0.1) is 6.54 Å². The van der Waals surface area contributed by atoms with E-state index >= 15 is 0 Å². The third kappa shape index (κ3) is 7.06. The molecule has 164 valence electrons. The van der Waals surface area contributed by atoms with Crippen molar-refractivity contribution in [2.45, 2.75) is 16.3 Å². The molecule has 0 aromatic heterocycles. The van der Waals surface area contributed by atoms with Crippen molar-refractivity contribution in [2.75, 3.05) is 26.2 Å². The number of hydrogen-bond acceptors (Lipinski definition) is 3. The molecule has 0 radical (unpaired) electrons. The third-order valence-electron chi connectivity index (χ3n) is 4.78. The Balaban J connectivity index is 0.00000320. The number of amides is 1. The number of halogens is 5. The molecule has 1 atom stereocenters. The fourth-order valence-electron chi connectivity index (χ4n) is 3.43. The number of nitrogens with one attached hydrogen (secondary N) is 1. The van der Waals surface area contributed by atoms with E-state index in [1.54, 1.807) is 5.01 Å². The SMILES string of the molecule is Cl.O=C(O)N(CC(Cl)(Cl)Cl)N1CCNC[C@H]1Cc1ccc(-c2ccc(Cl)cc2)cc1. The summed E-state index contributed by atoms with van der Waals surface area (Å²) in [5.41, 5.74) is 3.27. The minimum absolute atomic E-state index is 0. The molecule has 5 nitrogen and oxygen atoms in total. The zero-order valence-corrected chi connectivity index (χ0v) is 19.7. The standard InChI is InChI=1S/C20H21Cl4N3O2.ClH/c21-17-7-5-16(6-8-17)15-3-1-14(2-4-15)11-18-12-25-9-10-26(18)27(19(28)29)13-20(22,23)24;/h1-8,18,25H,9-13H2,(H,28,29);1H/t18-;/m1./s1. The van der Waals surface area contributed by atoms with Gasteiger partial charge in [0.15, 0.2) is 0 Å². The Morgan fingerprint density at radius 1 is 1.10 bits per heavy atom. The van der Waals surface area contributed by atoms with Crippen LogP contribution in [0, 0.1) is 0 Å². The maximum Gasteiger partial charge on any atom is 0.422 e. The Bertz CT molecular complexity index is 828. The molecule has 30 heavy (non-hydrogen) atoms. The molecule has 2 aromatic rings. The van der Waals surface area contributed by atoms with Crippen LogP contribution in [0.2, 0.25) is 5.02 Å². The number of hydrogen-bond donors (Lipinski definition) is 2. The van der Waals surface area contributed by atoms with E-state index in [0.29, 0.717) is 31.1 Å². The third-order valence-corrected chi connectivity index (χ3v) is 5.39. The molecule has 1 fully saturated rings. The molecule has 1 aliphatic heterocycles. The Morgan fingerprint density at radius 2 is 1.67 bits per heavy atom. The molecular formula is C20H22Cl5N3O2. The van der Waals surface area contributed by atoms with Crippen LogP contribution >= 0.6 is 58.8 Å². The molecule has 1 aliphatic rings. The molecule has 0 bridgehead atoms. The van der Waals surface area contributed by atoms with Gasteiger partial charge in [-0.1, -0.05) is 82.8 Å². The molecule has 10 heteroatoms. The van der Waals surface area contributed by atoms with Crippen LogP contribution in [0.25, 0.3) is 11.1 Å². The largest absolute Gasteiger partial charge is 0.464 e. The molecule has 3 rings (SSSR count). The van der Waals surface area contributed by atoms with Crippen molar-refractivity contribution < 1.29 is 9.90 Å². The molecule has 1 saturated heterocycles. The van der Waals surface area contributed by atoms with Crippen LogP contribution < -0.4 is 5.32 Å². The lowest BCUT2D eigenvalue weighted by atomic mass is 10.00. The number of benzene rings is 2. The topological polar surface area (TPSA) is 55.8 Å². The lowest BCUT2D eigenvalue weighted by molar-refractivity contribution is -0.0511. The van der Waals surface area contributed by atoms with E-state index < -0.39 is 9.89 Å². The quantitative estimate of drug-likeness (QED) is 0.518. The van der Waals surface area contributed by atoms with Gasteiger partial charge in [-0.05, 0) is 35.2 Å². The summed E-state index contributed by atoms with van der Waals surface area (Å²) in [5.74, 6) is 0. The minimum atomic E-state index is -1.69. The second-order valence-electron chi connectivity index (χ2n) is 6.88. The van der Waals surface area contributed by atoms with Gasteiger partial charge in [-0.2, -0.15) is 0 Å². The Labute approximate surface area is 202 Å². The normalized spacial score (nSPS) is 17.3. The molecule has 2 N–H and O–H groups in total. The van der Waals surface area contributed by atoms with Crippen LogP contribution in [0.4, 0.5) is 4.79 Å². The molecule has 1 amide bonds. The van der Waals surface area contributed by atoms with Crippen LogP contribution in [0.5, 0.6) is 0 Å². The van der Waals surface area contributed by atoms with E-state index in [-0.39, 0.29) is 25.0 Å². The van der Waals surface area contributed by atoms with E-state index in [2.05, 4.69) is 29.6 Å². The molecule has 0 aliphatic carbocycles. The first-order valence-corrected chi connectivity index (χ1v) is 10.6. The predicted molar refractivity (Wildman–Crippen MR) is 126 cm³/mol. The fraction of sp³-hybridized carbons (Fsp3) is 0.350. The minimum Gasteiger partial charge on any atom is -0.464 e. The summed E-state index contributed by atoms with van der Waals surface area (Å²) in [6.45, 7) is 1.60. The number of rotatable bonds is 5. The number of carboxylic acid groups (broad SMARTS) is 1. The summed E-state index contributed by atoms with van der Waals surface area (Å²) in [4.78, 5) is 11.8. The second-order valence-corrected chi connectivity index (χ2v) is 9.84. The molecule has 0 unspecified atom stereocenters. The van der Waals surface area contributed by atoms with Gasteiger partial charge >= 0.3 is 6.09 Å². The lowest BCUT2D eigenvalue weighted by Gasteiger charge is -2.42. The number of hydrazine groups is 1. The molecule has 1 heterocycles. The van der Waals surface area contributed by atoms with Gasteiger partial charge in [0.1, 0.15) is 0 Å². The highest BCUT2D eigenvalue weighted by atomic mass is 35.6. The summed E-state index contributed by atoms with van der Waals surface area (Å²) in [6.07, 6.45) is -0.473. The highest BCUT2D eigenvalue weighted by Gasteiger charge is 2.35. The molecule has 0 saturated carbocycles. The Hall–Kier alpha value is -0.920. The van der Waals surface area contributed by atoms with Crippen LogP contribution in [-0.4, -0.2) is 57.2 Å². The summed E-state index contributed by atoms with van der Waals surface area (Å²) >= 11 is 23.5. The van der Waals surface area contributed by atoms with Crippen molar-refractivity contribution in [3.05, 3.63) is 59.1 Å². The number of nitrogens with zero attached hydrogens (tertiary/aromatic N) is 2. The van der Waals surface area contributed by atoms with Crippen LogP contribution in [0.15, 0.2) is 48.5 Å². The maximum absolute atomic E-state index is 11.8. The van der Waals surface area contributed by atoms with Crippen LogP contribution in [0.1, 0.15) is 5.56 Å². The average molecular weight is 514 g/mol. The van der Waals surface area contributed by atoms with Crippen molar-refractivity contribution in [3.63, 3.8) is 0 Å². The fourth-order valence-corrected chi connectivity index (χ4v) is 3.90. The molecule has 0 spiro atoms. The van der Waals surface area contributed by atoms with E-state index in [1.165, 1.54) is 0 Å². The monoisotopic (exact) mass is 511 g/mol. The van der Waals surface area contributed by atoms with Gasteiger partial charge < -0.3 is 10.4 Å². The zero-order chi connectivity index (χ0) is 21.0. The van der Waals surface area contributed by atoms with Crippen molar-refractivity contribution in [3.8, 4) is 11.1 Å². The number of carbonyl (C=O) groups is 1. The van der Waals surface area contributed by atoms with E-state index in [9.17, 15) is 9.90 Å². The van der Waals surface area contributed by atoms with E-state index in [4.69, 9.17) is 46.4 Å². The summed E-state index contributed by atoms with van der Waals surface area (Å²) in [6, 6.07) is 15.8. The highest BCUT2D eigenvalue weighted by molar-refractivity contribution is 6.67. The first-order valence-electron chi connectivity index (χ1n) is 9.12. The highest BCUT2D eigenvalue weighted by Crippen LogP contribution is 2.29. The van der Waals surface area contributed by atoms with Gasteiger partial charge in [0.2, 0.25) is 3.79 Å². The van der Waals surface area contributed by atoms with Crippen LogP contribution in [-0.2, 0) is 6.42 Å². The first-order chi connectivity index (χ1) is 13.7. The van der Waals surface area contributed by atoms with Gasteiger partial charge in [0.25, 0.3) is 0 Å². The Kier molecular flexibility index (Phi) is 9.37. The predicted octanol–water partition coefficient (Wildman–Crippen LogP) is 5.51. The second kappa shape index (κ2) is 11.1. The van der Waals surface area contributed by atoms with Crippen LogP contribution in [0.3, 0.4) is 0 Å². The van der Waals surface area contributed by atoms with Gasteiger partial charge in [-0.3, -0.25) is 0 Å². The lowest BCUT2D eigenvalue weighted by Crippen LogP contribution is -2.61. The van der Waals surface area contributed by atoms with E-state index in [0.717, 1.165) is 21.7 Å². The van der Waals surface area contributed by atoms with E-state index in [1.807, 2.05) is 24.3 Å². The average Bonchev–Trinajstić information content (AvgIpc) is 2.67. The van der Waals surface area contributed by atoms with Crippen molar-refractivity contribution >= 4 is 64.9 Å². The Morgan fingerprint density at radius 3 is 2.20 bits per heavy atom. The van der Waals surface area contributed by atoms with Gasteiger partial charge in [-0.25, -0.2) is 14.8 Å². The van der Waals surface area contributed by atoms with Gasteiger partial charge in [-0.15, -0.1) is 12.4 Å². The number of alkyl halides is 3. The molecule has 2 aromatic carbocycles. The summed E-state index contributed by atoms with van der Waals surface area (Å²) < 4.78 is -1.69. The van der Waals surface area contributed by atoms with Crippen molar-refractivity contribution in [1.29, 1.82) is 0 Å². The number of piperazine rings is 1. The maximum atomic E-state index is 11.8. The molecular weight excluding hydrogens is 492 g/mol. The zero-order valence-electron chi connectivity index (χ0n) is 15.9. The van der Waals surface area contributed by atoms with Crippen molar-refractivity contribution in [2.24, 2.45) is 0 Å². The smallest absolute Gasteiger partial charge is 0.422 e. The first kappa shape index (κ1) is 25.3. The summed E-state index contributed by atoms with van der Waals surface area (Å²) in [5, 5.41) is 16.5. The van der Waals surface area contributed by atoms with Gasteiger partial charge in [0, 0.05) is 30.7 Å². The van der Waals surface area contributed by atoms with Crippen molar-refractivity contribution in [1.82, 2.24) is 15.3 Å².